The van der Waals surface area contributed by atoms with E-state index in [0.29, 0.717) is 17.4 Å². The molecule has 0 aliphatic rings. The molecule has 27 heavy (non-hydrogen) atoms. The quantitative estimate of drug-likeness (QED) is 0.603. The molecule has 2 aromatic heterocycles. The standard InChI is InChI=1S/C22H16N2O3/c25-21-18-12-23-11-10-20(18)24(14-19(21)22(26)27)13-15-6-8-17(9-7-15)16-4-2-1-3-5-16/h1-12,14H,13H2,(H,26,27). The minimum Gasteiger partial charge on any atom is -0.477 e. The van der Waals surface area contributed by atoms with E-state index in [0.717, 1.165) is 16.7 Å². The van der Waals surface area contributed by atoms with Crippen LogP contribution in [0.25, 0.3) is 22.0 Å². The van der Waals surface area contributed by atoms with Gasteiger partial charge >= 0.3 is 5.97 Å². The van der Waals surface area contributed by atoms with Crippen LogP contribution in [0, 0.1) is 0 Å². The fourth-order valence-corrected chi connectivity index (χ4v) is 3.15. The molecule has 1 N–H and O–H groups in total. The van der Waals surface area contributed by atoms with Crippen LogP contribution in [0.3, 0.4) is 0 Å². The first-order valence-electron chi connectivity index (χ1n) is 8.48. The van der Waals surface area contributed by atoms with Crippen molar-refractivity contribution in [3.63, 3.8) is 0 Å². The van der Waals surface area contributed by atoms with Crippen molar-refractivity contribution in [1.29, 1.82) is 0 Å². The van der Waals surface area contributed by atoms with Gasteiger partial charge in [0.2, 0.25) is 5.43 Å². The normalized spacial score (nSPS) is 10.8. The zero-order valence-electron chi connectivity index (χ0n) is 14.4. The molecule has 5 heteroatoms. The molecule has 132 valence electrons. The lowest BCUT2D eigenvalue weighted by Gasteiger charge is -2.12. The van der Waals surface area contributed by atoms with Crippen molar-refractivity contribution in [1.82, 2.24) is 9.55 Å². The molecule has 0 bridgehead atoms. The van der Waals surface area contributed by atoms with E-state index in [4.69, 9.17) is 0 Å². The third-order valence-corrected chi connectivity index (χ3v) is 4.53. The maximum Gasteiger partial charge on any atom is 0.341 e. The fourth-order valence-electron chi connectivity index (χ4n) is 3.15. The number of rotatable bonds is 4. The maximum atomic E-state index is 12.3. The van der Waals surface area contributed by atoms with Crippen molar-refractivity contribution in [3.05, 3.63) is 101 Å². The number of nitrogens with zero attached hydrogens (tertiary/aromatic N) is 2. The molecule has 0 aliphatic carbocycles. The second-order valence-electron chi connectivity index (χ2n) is 6.26. The number of fused-ring (bicyclic) bond motifs is 1. The molecule has 5 nitrogen and oxygen atoms in total. The van der Waals surface area contributed by atoms with E-state index in [1.165, 1.54) is 12.4 Å². The molecule has 0 aliphatic heterocycles. The lowest BCUT2D eigenvalue weighted by atomic mass is 10.0. The van der Waals surface area contributed by atoms with Crippen LogP contribution in [-0.4, -0.2) is 20.6 Å². The lowest BCUT2D eigenvalue weighted by Crippen LogP contribution is -2.19. The minimum atomic E-state index is -1.24. The highest BCUT2D eigenvalue weighted by Crippen LogP contribution is 2.20. The van der Waals surface area contributed by atoms with Crippen LogP contribution in [0.1, 0.15) is 15.9 Å². The van der Waals surface area contributed by atoms with Gasteiger partial charge in [-0.1, -0.05) is 54.6 Å². The van der Waals surface area contributed by atoms with E-state index in [-0.39, 0.29) is 5.56 Å². The number of benzene rings is 2. The monoisotopic (exact) mass is 356 g/mol. The van der Waals surface area contributed by atoms with Crippen molar-refractivity contribution < 1.29 is 9.90 Å². The van der Waals surface area contributed by atoms with Crippen molar-refractivity contribution in [3.8, 4) is 11.1 Å². The number of pyridine rings is 2. The molecular formula is C22H16N2O3. The summed E-state index contributed by atoms with van der Waals surface area (Å²) in [5, 5.41) is 9.65. The van der Waals surface area contributed by atoms with Crippen LogP contribution < -0.4 is 5.43 Å². The molecule has 0 saturated carbocycles. The van der Waals surface area contributed by atoms with Crippen molar-refractivity contribution in [2.45, 2.75) is 6.54 Å². The van der Waals surface area contributed by atoms with Gasteiger partial charge in [-0.15, -0.1) is 0 Å². The van der Waals surface area contributed by atoms with Gasteiger partial charge < -0.3 is 9.67 Å². The summed E-state index contributed by atoms with van der Waals surface area (Å²) in [6, 6.07) is 19.9. The first-order valence-corrected chi connectivity index (χ1v) is 8.48. The number of aromatic nitrogens is 2. The fraction of sp³-hybridized carbons (Fsp3) is 0.0455. The number of carboxylic acids is 1. The molecule has 0 unspecified atom stereocenters. The lowest BCUT2D eigenvalue weighted by molar-refractivity contribution is 0.0695. The summed E-state index contributed by atoms with van der Waals surface area (Å²) in [6.45, 7) is 0.455. The molecule has 4 rings (SSSR count). The number of carboxylic acid groups (broad SMARTS) is 1. The molecule has 0 amide bonds. The summed E-state index contributed by atoms with van der Waals surface area (Å²) in [4.78, 5) is 27.7. The summed E-state index contributed by atoms with van der Waals surface area (Å²) in [5.74, 6) is -1.24. The van der Waals surface area contributed by atoms with Gasteiger partial charge in [-0.3, -0.25) is 9.78 Å². The Morgan fingerprint density at radius 1 is 0.963 bits per heavy atom. The predicted octanol–water partition coefficient (Wildman–Crippen LogP) is 3.81. The minimum absolute atomic E-state index is 0.253. The Bertz CT molecular complexity index is 1180. The highest BCUT2D eigenvalue weighted by Gasteiger charge is 2.14. The van der Waals surface area contributed by atoms with Gasteiger partial charge in [-0.05, 0) is 22.8 Å². The third kappa shape index (κ3) is 3.22. The van der Waals surface area contributed by atoms with Gasteiger partial charge in [0.15, 0.2) is 0 Å². The van der Waals surface area contributed by atoms with E-state index in [9.17, 15) is 14.7 Å². The van der Waals surface area contributed by atoms with Crippen LogP contribution in [0.4, 0.5) is 0 Å². The molecule has 0 spiro atoms. The topological polar surface area (TPSA) is 72.2 Å². The van der Waals surface area contributed by atoms with Crippen LogP contribution in [0.2, 0.25) is 0 Å². The Hall–Kier alpha value is -3.73. The number of carbonyl (C=O) groups is 1. The molecule has 0 saturated heterocycles. The van der Waals surface area contributed by atoms with Crippen LogP contribution in [0.15, 0.2) is 84.0 Å². The van der Waals surface area contributed by atoms with E-state index in [1.807, 2.05) is 42.5 Å². The smallest absolute Gasteiger partial charge is 0.341 e. The first-order chi connectivity index (χ1) is 13.1. The second kappa shape index (κ2) is 6.88. The number of hydrogen-bond acceptors (Lipinski definition) is 3. The van der Waals surface area contributed by atoms with Crippen molar-refractivity contribution >= 4 is 16.9 Å². The molecule has 0 radical (unpaired) electrons. The molecule has 2 heterocycles. The molecule has 2 aromatic carbocycles. The zero-order valence-corrected chi connectivity index (χ0v) is 14.4. The average molecular weight is 356 g/mol. The molecular weight excluding hydrogens is 340 g/mol. The Morgan fingerprint density at radius 2 is 1.67 bits per heavy atom. The first kappa shape index (κ1) is 16.7. The Morgan fingerprint density at radius 3 is 2.37 bits per heavy atom. The van der Waals surface area contributed by atoms with Gasteiger partial charge in [0.25, 0.3) is 0 Å². The number of hydrogen-bond donors (Lipinski definition) is 1. The van der Waals surface area contributed by atoms with Gasteiger partial charge in [-0.2, -0.15) is 0 Å². The summed E-state index contributed by atoms with van der Waals surface area (Å²) >= 11 is 0. The Kier molecular flexibility index (Phi) is 4.26. The largest absolute Gasteiger partial charge is 0.477 e. The Labute approximate surface area is 155 Å². The summed E-state index contributed by atoms with van der Waals surface area (Å²) in [6.07, 6.45) is 4.41. The van der Waals surface area contributed by atoms with Gasteiger partial charge in [-0.25, -0.2) is 4.79 Å². The highest BCUT2D eigenvalue weighted by molar-refractivity contribution is 5.92. The highest BCUT2D eigenvalue weighted by atomic mass is 16.4. The second-order valence-corrected chi connectivity index (χ2v) is 6.26. The van der Waals surface area contributed by atoms with Crippen LogP contribution in [-0.2, 0) is 6.54 Å². The van der Waals surface area contributed by atoms with E-state index in [2.05, 4.69) is 17.1 Å². The summed E-state index contributed by atoms with van der Waals surface area (Å²) < 4.78 is 1.78. The van der Waals surface area contributed by atoms with Gasteiger partial charge in [0.05, 0.1) is 10.9 Å². The van der Waals surface area contributed by atoms with E-state index >= 15 is 0 Å². The molecule has 0 fully saturated rings. The van der Waals surface area contributed by atoms with Crippen LogP contribution >= 0.6 is 0 Å². The predicted molar refractivity (Wildman–Crippen MR) is 104 cm³/mol. The van der Waals surface area contributed by atoms with E-state index in [1.54, 1.807) is 16.8 Å². The third-order valence-electron chi connectivity index (χ3n) is 4.53. The zero-order chi connectivity index (χ0) is 18.8. The SMILES string of the molecule is O=C(O)c1cn(Cc2ccc(-c3ccccc3)cc2)c2ccncc2c1=O. The van der Waals surface area contributed by atoms with Gasteiger partial charge in [0.1, 0.15) is 5.56 Å². The number of aromatic carboxylic acids is 1. The Balaban J connectivity index is 1.74. The molecule has 0 atom stereocenters. The average Bonchev–Trinajstić information content (AvgIpc) is 2.71. The molecule has 4 aromatic rings. The van der Waals surface area contributed by atoms with Crippen molar-refractivity contribution in [2.24, 2.45) is 0 Å². The van der Waals surface area contributed by atoms with Crippen LogP contribution in [0.5, 0.6) is 0 Å². The summed E-state index contributed by atoms with van der Waals surface area (Å²) in [5.41, 5.74) is 3.15. The summed E-state index contributed by atoms with van der Waals surface area (Å²) in [7, 11) is 0. The van der Waals surface area contributed by atoms with Gasteiger partial charge in [0, 0.05) is 25.1 Å². The maximum absolute atomic E-state index is 12.3. The van der Waals surface area contributed by atoms with Crippen molar-refractivity contribution in [2.75, 3.05) is 0 Å². The van der Waals surface area contributed by atoms with E-state index < -0.39 is 11.4 Å².